The Bertz CT molecular complexity index is 1120. The van der Waals surface area contributed by atoms with Gasteiger partial charge in [0.25, 0.3) is 5.91 Å². The molecule has 2 heterocycles. The fraction of sp³-hybridized carbons (Fsp3) is 0.400. The molecule has 1 aliphatic heterocycles. The molecule has 1 aromatic heterocycles. The first-order valence-corrected chi connectivity index (χ1v) is 11.5. The van der Waals surface area contributed by atoms with Crippen LogP contribution in [0.2, 0.25) is 0 Å². The van der Waals surface area contributed by atoms with Crippen LogP contribution in [0.15, 0.2) is 35.7 Å². The molecule has 6 heteroatoms. The van der Waals surface area contributed by atoms with Crippen molar-refractivity contribution < 1.29 is 14.3 Å². The third kappa shape index (κ3) is 4.41. The maximum absolute atomic E-state index is 12.9. The maximum Gasteiger partial charge on any atom is 0.254 e. The number of benzene rings is 2. The number of ether oxygens (including phenoxy) is 2. The van der Waals surface area contributed by atoms with Gasteiger partial charge in [-0.3, -0.25) is 4.79 Å². The molecule has 5 nitrogen and oxygen atoms in total. The van der Waals surface area contributed by atoms with E-state index in [0.29, 0.717) is 30.2 Å². The van der Waals surface area contributed by atoms with Gasteiger partial charge in [-0.15, -0.1) is 11.3 Å². The average molecular weight is 439 g/mol. The zero-order valence-corrected chi connectivity index (χ0v) is 19.5. The summed E-state index contributed by atoms with van der Waals surface area (Å²) >= 11 is 1.79. The predicted octanol–water partition coefficient (Wildman–Crippen LogP) is 4.92. The van der Waals surface area contributed by atoms with E-state index in [1.807, 2.05) is 11.0 Å². The van der Waals surface area contributed by atoms with Crippen molar-refractivity contribution >= 4 is 27.3 Å². The molecule has 0 fully saturated rings. The first-order chi connectivity index (χ1) is 14.8. The summed E-state index contributed by atoms with van der Waals surface area (Å²) in [7, 11) is 3.19. The fourth-order valence-electron chi connectivity index (χ4n) is 4.20. The second-order valence-electron chi connectivity index (χ2n) is 8.76. The highest BCUT2D eigenvalue weighted by atomic mass is 32.1. The summed E-state index contributed by atoms with van der Waals surface area (Å²) in [5.74, 6) is 1.27. The lowest BCUT2D eigenvalue weighted by Gasteiger charge is -2.27. The molecule has 1 aliphatic rings. The molecule has 0 saturated heterocycles. The van der Waals surface area contributed by atoms with Gasteiger partial charge in [-0.2, -0.15) is 0 Å². The van der Waals surface area contributed by atoms with E-state index in [1.54, 1.807) is 31.6 Å². The van der Waals surface area contributed by atoms with Crippen LogP contribution in [0, 0.1) is 6.92 Å². The van der Waals surface area contributed by atoms with Gasteiger partial charge in [-0.1, -0.05) is 17.7 Å². The maximum atomic E-state index is 12.9. The smallest absolute Gasteiger partial charge is 0.254 e. The minimum absolute atomic E-state index is 0.0334. The summed E-state index contributed by atoms with van der Waals surface area (Å²) in [6.45, 7) is 5.43. The molecular weight excluding hydrogens is 408 g/mol. The number of amides is 1. The van der Waals surface area contributed by atoms with Crippen LogP contribution < -0.4 is 15.2 Å². The fourth-order valence-corrected chi connectivity index (χ4v) is 5.18. The molecule has 0 saturated carbocycles. The average Bonchev–Trinajstić information content (AvgIpc) is 3.30. The van der Waals surface area contributed by atoms with Crippen LogP contribution in [0.3, 0.4) is 0 Å². The molecule has 31 heavy (non-hydrogen) atoms. The first-order valence-electron chi connectivity index (χ1n) is 10.6. The highest BCUT2D eigenvalue weighted by molar-refractivity contribution is 7.17. The minimum Gasteiger partial charge on any atom is -0.493 e. The Hall–Kier alpha value is -2.57. The second-order valence-corrected chi connectivity index (χ2v) is 9.67. The number of hydrogen-bond acceptors (Lipinski definition) is 5. The van der Waals surface area contributed by atoms with E-state index in [2.05, 4.69) is 37.4 Å². The molecule has 0 radical (unpaired) electrons. The standard InChI is InChI=1S/C25H30N2O3S/c1-16-5-6-23-19(11-16)17(15-31-23)7-8-25(2,26)9-10-27-14-18-12-21(29-3)22(30-4)13-20(18)24(27)28/h5-6,11-13,15H,7-10,14,26H2,1-4H3. The Labute approximate surface area is 187 Å². The van der Waals surface area contributed by atoms with Gasteiger partial charge in [0.05, 0.1) is 14.2 Å². The van der Waals surface area contributed by atoms with E-state index in [4.69, 9.17) is 15.2 Å². The van der Waals surface area contributed by atoms with Gasteiger partial charge < -0.3 is 20.1 Å². The number of rotatable bonds is 8. The van der Waals surface area contributed by atoms with Crippen LogP contribution in [0.4, 0.5) is 0 Å². The van der Waals surface area contributed by atoms with Gasteiger partial charge in [0.15, 0.2) is 11.5 Å². The number of aryl methyl sites for hydroxylation is 2. The molecule has 2 N–H and O–H groups in total. The Morgan fingerprint density at radius 3 is 2.61 bits per heavy atom. The number of carbonyl (C=O) groups is 1. The highest BCUT2D eigenvalue weighted by Gasteiger charge is 2.31. The summed E-state index contributed by atoms with van der Waals surface area (Å²) in [6, 6.07) is 10.3. The quantitative estimate of drug-likeness (QED) is 0.542. The van der Waals surface area contributed by atoms with Gasteiger partial charge in [-0.05, 0) is 73.2 Å². The Balaban J connectivity index is 1.39. The van der Waals surface area contributed by atoms with Crippen molar-refractivity contribution in [1.82, 2.24) is 4.90 Å². The zero-order chi connectivity index (χ0) is 22.2. The number of methoxy groups -OCH3 is 2. The lowest BCUT2D eigenvalue weighted by molar-refractivity contribution is 0.0766. The molecule has 3 aromatic rings. The molecule has 2 aromatic carbocycles. The van der Waals surface area contributed by atoms with E-state index >= 15 is 0 Å². The van der Waals surface area contributed by atoms with Crippen LogP contribution in [0.5, 0.6) is 11.5 Å². The lowest BCUT2D eigenvalue weighted by Crippen LogP contribution is -2.40. The monoisotopic (exact) mass is 438 g/mol. The van der Waals surface area contributed by atoms with Crippen molar-refractivity contribution in [2.45, 2.75) is 45.2 Å². The van der Waals surface area contributed by atoms with E-state index in [0.717, 1.165) is 24.8 Å². The van der Waals surface area contributed by atoms with Crippen LogP contribution in [-0.2, 0) is 13.0 Å². The molecule has 1 amide bonds. The van der Waals surface area contributed by atoms with Crippen molar-refractivity contribution in [2.24, 2.45) is 5.73 Å². The van der Waals surface area contributed by atoms with Crippen LogP contribution in [0.1, 0.15) is 46.8 Å². The summed E-state index contributed by atoms with van der Waals surface area (Å²) in [5.41, 5.74) is 10.6. The normalized spacial score (nSPS) is 15.3. The third-order valence-electron chi connectivity index (χ3n) is 6.22. The molecule has 1 unspecified atom stereocenters. The van der Waals surface area contributed by atoms with E-state index in [1.165, 1.54) is 21.2 Å². The SMILES string of the molecule is COc1cc2c(cc1OC)C(=O)N(CCC(C)(N)CCc1csc3ccc(C)cc13)C2. The molecular formula is C25H30N2O3S. The summed E-state index contributed by atoms with van der Waals surface area (Å²) in [6.07, 6.45) is 2.57. The van der Waals surface area contributed by atoms with Gasteiger partial charge in [0.1, 0.15) is 0 Å². The number of hydrogen-bond donors (Lipinski definition) is 1. The minimum atomic E-state index is -0.345. The van der Waals surface area contributed by atoms with Crippen molar-refractivity contribution in [2.75, 3.05) is 20.8 Å². The Kier molecular flexibility index (Phi) is 5.95. The molecule has 0 bridgehead atoms. The number of thiophene rings is 1. The Morgan fingerprint density at radius 2 is 1.87 bits per heavy atom. The highest BCUT2D eigenvalue weighted by Crippen LogP contribution is 2.35. The molecule has 0 aliphatic carbocycles. The van der Waals surface area contributed by atoms with Gasteiger partial charge in [0.2, 0.25) is 0 Å². The Morgan fingerprint density at radius 1 is 1.13 bits per heavy atom. The molecule has 1 atom stereocenters. The van der Waals surface area contributed by atoms with Crippen molar-refractivity contribution in [1.29, 1.82) is 0 Å². The first kappa shape index (κ1) is 21.7. The van der Waals surface area contributed by atoms with Gasteiger partial charge >= 0.3 is 0 Å². The van der Waals surface area contributed by atoms with E-state index < -0.39 is 0 Å². The third-order valence-corrected chi connectivity index (χ3v) is 7.23. The topological polar surface area (TPSA) is 64.8 Å². The number of nitrogens with zero attached hydrogens (tertiary/aromatic N) is 1. The number of nitrogens with two attached hydrogens (primary N) is 1. The van der Waals surface area contributed by atoms with Gasteiger partial charge in [-0.25, -0.2) is 0 Å². The molecule has 164 valence electrons. The van der Waals surface area contributed by atoms with Crippen LogP contribution >= 0.6 is 11.3 Å². The molecule has 4 rings (SSSR count). The van der Waals surface area contributed by atoms with Crippen LogP contribution in [-0.4, -0.2) is 37.1 Å². The van der Waals surface area contributed by atoms with Crippen molar-refractivity contribution in [3.63, 3.8) is 0 Å². The number of fused-ring (bicyclic) bond motifs is 2. The van der Waals surface area contributed by atoms with Gasteiger partial charge in [0, 0.05) is 28.9 Å². The van der Waals surface area contributed by atoms with Crippen LogP contribution in [0.25, 0.3) is 10.1 Å². The zero-order valence-electron chi connectivity index (χ0n) is 18.7. The number of carbonyl (C=O) groups excluding carboxylic acids is 1. The summed E-state index contributed by atoms with van der Waals surface area (Å²) in [5, 5.41) is 3.59. The van der Waals surface area contributed by atoms with E-state index in [9.17, 15) is 4.79 Å². The largest absolute Gasteiger partial charge is 0.493 e. The second kappa shape index (κ2) is 8.52. The lowest BCUT2D eigenvalue weighted by atomic mass is 9.90. The van der Waals surface area contributed by atoms with E-state index in [-0.39, 0.29) is 11.4 Å². The summed E-state index contributed by atoms with van der Waals surface area (Å²) < 4.78 is 12.1. The molecule has 0 spiro atoms. The summed E-state index contributed by atoms with van der Waals surface area (Å²) in [4.78, 5) is 14.8. The van der Waals surface area contributed by atoms with Crippen molar-refractivity contribution in [3.8, 4) is 11.5 Å². The van der Waals surface area contributed by atoms with Crippen molar-refractivity contribution in [3.05, 3.63) is 58.0 Å². The predicted molar refractivity (Wildman–Crippen MR) is 126 cm³/mol.